The highest BCUT2D eigenvalue weighted by Gasteiger charge is 2.01. The van der Waals surface area contributed by atoms with Crippen molar-refractivity contribution in [3.05, 3.63) is 35.9 Å². The highest BCUT2D eigenvalue weighted by molar-refractivity contribution is 5.58. The van der Waals surface area contributed by atoms with Crippen LogP contribution in [-0.4, -0.2) is 23.0 Å². The smallest absolute Gasteiger partial charge is 0.489 e. The van der Waals surface area contributed by atoms with Crippen LogP contribution in [0.3, 0.4) is 0 Å². The SMILES string of the molecule is C1=Cc2ccccc2OC1.O=C(O)O. The molecule has 4 nitrogen and oxygen atoms in total. The summed E-state index contributed by atoms with van der Waals surface area (Å²) in [6.45, 7) is 0.705. The maximum Gasteiger partial charge on any atom is 0.503 e. The predicted molar refractivity (Wildman–Crippen MR) is 51.6 cm³/mol. The third-order valence-corrected chi connectivity index (χ3v) is 1.55. The average Bonchev–Trinajstić information content (AvgIpc) is 2.17. The van der Waals surface area contributed by atoms with E-state index in [4.69, 9.17) is 19.7 Å². The molecule has 0 spiro atoms. The number of para-hydroxylation sites is 1. The topological polar surface area (TPSA) is 66.8 Å². The zero-order valence-corrected chi connectivity index (χ0v) is 7.38. The third-order valence-electron chi connectivity index (χ3n) is 1.55. The molecule has 0 bridgehead atoms. The van der Waals surface area contributed by atoms with Crippen molar-refractivity contribution in [2.24, 2.45) is 0 Å². The molecule has 74 valence electrons. The fourth-order valence-corrected chi connectivity index (χ4v) is 1.06. The van der Waals surface area contributed by atoms with Crippen molar-refractivity contribution in [3.8, 4) is 5.75 Å². The van der Waals surface area contributed by atoms with Crippen LogP contribution >= 0.6 is 0 Å². The second-order valence-corrected chi connectivity index (χ2v) is 2.53. The minimum absolute atomic E-state index is 0.705. The van der Waals surface area contributed by atoms with Crippen molar-refractivity contribution in [1.29, 1.82) is 0 Å². The summed E-state index contributed by atoms with van der Waals surface area (Å²) in [6, 6.07) is 8.03. The molecule has 0 atom stereocenters. The Morgan fingerprint density at radius 2 is 1.93 bits per heavy atom. The number of rotatable bonds is 0. The lowest BCUT2D eigenvalue weighted by Gasteiger charge is -2.10. The van der Waals surface area contributed by atoms with E-state index in [1.165, 1.54) is 5.56 Å². The molecule has 1 heterocycles. The van der Waals surface area contributed by atoms with Crippen molar-refractivity contribution in [1.82, 2.24) is 0 Å². The van der Waals surface area contributed by atoms with Gasteiger partial charge in [0.05, 0.1) is 0 Å². The number of carbonyl (C=O) groups is 1. The standard InChI is InChI=1S/C9H8O.CH2O3/c1-2-6-9-8(4-1)5-3-7-10-9;2-1(3)4/h1-6H,7H2;(H2,2,3,4). The quantitative estimate of drug-likeness (QED) is 0.665. The van der Waals surface area contributed by atoms with E-state index in [1.807, 2.05) is 30.3 Å². The molecule has 4 heteroatoms. The number of benzene rings is 1. The van der Waals surface area contributed by atoms with Gasteiger partial charge < -0.3 is 14.9 Å². The van der Waals surface area contributed by atoms with Gasteiger partial charge >= 0.3 is 6.16 Å². The van der Waals surface area contributed by atoms with Crippen LogP contribution in [-0.2, 0) is 0 Å². The van der Waals surface area contributed by atoms with Crippen LogP contribution in [0, 0.1) is 0 Å². The average molecular weight is 194 g/mol. The van der Waals surface area contributed by atoms with Crippen molar-refractivity contribution >= 4 is 12.2 Å². The first-order valence-corrected chi connectivity index (χ1v) is 4.00. The Labute approximate surface area is 81.1 Å². The maximum absolute atomic E-state index is 8.56. The summed E-state index contributed by atoms with van der Waals surface area (Å²) in [4.78, 5) is 8.56. The van der Waals surface area contributed by atoms with Gasteiger partial charge in [0.2, 0.25) is 0 Å². The molecule has 1 aromatic rings. The molecule has 1 aliphatic heterocycles. The first kappa shape index (κ1) is 10.1. The number of carboxylic acid groups (broad SMARTS) is 2. The van der Waals surface area contributed by atoms with Crippen LogP contribution in [0.4, 0.5) is 4.79 Å². The van der Waals surface area contributed by atoms with Crippen molar-refractivity contribution in [3.63, 3.8) is 0 Å². The highest BCUT2D eigenvalue weighted by Crippen LogP contribution is 2.21. The molecule has 0 saturated heterocycles. The largest absolute Gasteiger partial charge is 0.503 e. The van der Waals surface area contributed by atoms with Crippen LogP contribution in [0.5, 0.6) is 5.75 Å². The number of hydrogen-bond donors (Lipinski definition) is 2. The predicted octanol–water partition coefficient (Wildman–Crippen LogP) is 2.31. The van der Waals surface area contributed by atoms with Crippen LogP contribution in [0.25, 0.3) is 6.08 Å². The molecule has 0 saturated carbocycles. The summed E-state index contributed by atoms with van der Waals surface area (Å²) in [5.74, 6) is 0.991. The van der Waals surface area contributed by atoms with Crippen molar-refractivity contribution in [2.75, 3.05) is 6.61 Å². The second-order valence-electron chi connectivity index (χ2n) is 2.53. The molecule has 0 radical (unpaired) electrons. The van der Waals surface area contributed by atoms with Crippen molar-refractivity contribution in [2.45, 2.75) is 0 Å². The summed E-state index contributed by atoms with van der Waals surface area (Å²) in [6.07, 6.45) is 2.27. The van der Waals surface area contributed by atoms with Gasteiger partial charge in [0.15, 0.2) is 0 Å². The molecule has 2 N–H and O–H groups in total. The van der Waals surface area contributed by atoms with E-state index in [1.54, 1.807) is 0 Å². The van der Waals surface area contributed by atoms with Crippen LogP contribution in [0.2, 0.25) is 0 Å². The molecule has 1 aliphatic rings. The summed E-state index contributed by atoms with van der Waals surface area (Å²) in [5, 5.41) is 13.9. The van der Waals surface area contributed by atoms with E-state index in [9.17, 15) is 0 Å². The van der Waals surface area contributed by atoms with E-state index in [2.05, 4.69) is 6.08 Å². The minimum atomic E-state index is -1.83. The van der Waals surface area contributed by atoms with Gasteiger partial charge in [-0.3, -0.25) is 0 Å². The van der Waals surface area contributed by atoms with Gasteiger partial charge in [0, 0.05) is 5.56 Å². The normalized spacial score (nSPS) is 11.7. The van der Waals surface area contributed by atoms with Gasteiger partial charge in [-0.05, 0) is 12.1 Å². The first-order chi connectivity index (χ1) is 6.70. The second kappa shape index (κ2) is 4.91. The Morgan fingerprint density at radius 1 is 1.29 bits per heavy atom. The molecule has 2 rings (SSSR count). The molecule has 0 unspecified atom stereocenters. The summed E-state index contributed by atoms with van der Waals surface area (Å²) >= 11 is 0. The van der Waals surface area contributed by atoms with Gasteiger partial charge in [-0.2, -0.15) is 0 Å². The Morgan fingerprint density at radius 3 is 2.57 bits per heavy atom. The monoisotopic (exact) mass is 194 g/mol. The highest BCUT2D eigenvalue weighted by atomic mass is 16.6. The van der Waals surface area contributed by atoms with E-state index < -0.39 is 6.16 Å². The maximum atomic E-state index is 8.56. The Balaban J connectivity index is 0.000000213. The molecular formula is C10H10O4. The van der Waals surface area contributed by atoms with E-state index in [-0.39, 0.29) is 0 Å². The Bertz CT molecular complexity index is 340. The Hall–Kier alpha value is -1.97. The van der Waals surface area contributed by atoms with Gasteiger partial charge in [-0.15, -0.1) is 0 Å². The third kappa shape index (κ3) is 3.18. The zero-order chi connectivity index (χ0) is 10.4. The number of ether oxygens (including phenoxy) is 1. The van der Waals surface area contributed by atoms with Crippen LogP contribution in [0.15, 0.2) is 30.3 Å². The molecule has 1 aromatic carbocycles. The summed E-state index contributed by atoms with van der Waals surface area (Å²) in [7, 11) is 0. The van der Waals surface area contributed by atoms with E-state index >= 15 is 0 Å². The summed E-state index contributed by atoms with van der Waals surface area (Å²) < 4.78 is 5.34. The molecular weight excluding hydrogens is 184 g/mol. The van der Waals surface area contributed by atoms with E-state index in [0.29, 0.717) is 6.61 Å². The fourth-order valence-electron chi connectivity index (χ4n) is 1.06. The zero-order valence-electron chi connectivity index (χ0n) is 7.38. The van der Waals surface area contributed by atoms with E-state index in [0.717, 1.165) is 5.75 Å². The van der Waals surface area contributed by atoms with Gasteiger partial charge in [-0.1, -0.05) is 24.3 Å². The molecule has 0 fully saturated rings. The molecule has 0 amide bonds. The molecule has 0 aliphatic carbocycles. The van der Waals surface area contributed by atoms with Crippen LogP contribution < -0.4 is 4.74 Å². The molecule has 0 aromatic heterocycles. The lowest BCUT2D eigenvalue weighted by molar-refractivity contribution is 0.137. The molecule has 14 heavy (non-hydrogen) atoms. The summed E-state index contributed by atoms with van der Waals surface area (Å²) in [5.41, 5.74) is 1.17. The first-order valence-electron chi connectivity index (χ1n) is 4.00. The number of fused-ring (bicyclic) bond motifs is 1. The number of hydrogen-bond acceptors (Lipinski definition) is 2. The lowest BCUT2D eigenvalue weighted by Crippen LogP contribution is -1.98. The van der Waals surface area contributed by atoms with Gasteiger partial charge in [0.25, 0.3) is 0 Å². The fraction of sp³-hybridized carbons (Fsp3) is 0.100. The van der Waals surface area contributed by atoms with Gasteiger partial charge in [0.1, 0.15) is 12.4 Å². The van der Waals surface area contributed by atoms with Crippen molar-refractivity contribution < 1.29 is 19.7 Å². The van der Waals surface area contributed by atoms with Crippen LogP contribution in [0.1, 0.15) is 5.56 Å². The lowest BCUT2D eigenvalue weighted by atomic mass is 10.1. The Kier molecular flexibility index (Phi) is 3.55. The van der Waals surface area contributed by atoms with Gasteiger partial charge in [-0.25, -0.2) is 4.79 Å². The minimum Gasteiger partial charge on any atom is -0.489 e.